The Hall–Kier alpha value is -1.65. The molecule has 106 valence electrons. The van der Waals surface area contributed by atoms with Crippen molar-refractivity contribution in [2.45, 2.75) is 19.4 Å². The number of aromatic nitrogens is 2. The summed E-state index contributed by atoms with van der Waals surface area (Å²) in [7, 11) is 0. The largest absolute Gasteiger partial charge is 0.381 e. The molecular formula is C16H21N3O. The first-order valence-corrected chi connectivity index (χ1v) is 7.29. The van der Waals surface area contributed by atoms with E-state index in [-0.39, 0.29) is 0 Å². The van der Waals surface area contributed by atoms with Crippen LogP contribution in [0.4, 0.5) is 0 Å². The summed E-state index contributed by atoms with van der Waals surface area (Å²) in [6.07, 6.45) is 6.12. The molecule has 0 spiro atoms. The first-order valence-electron chi connectivity index (χ1n) is 7.29. The molecule has 0 atom stereocenters. The SMILES string of the molecule is c1cnn(-c2ccc(CNCC3CCOCC3)cc2)c1. The normalized spacial score (nSPS) is 16.4. The van der Waals surface area contributed by atoms with Gasteiger partial charge in [-0.1, -0.05) is 12.1 Å². The Bertz CT molecular complexity index is 501. The number of rotatable bonds is 5. The lowest BCUT2D eigenvalue weighted by Gasteiger charge is -2.22. The van der Waals surface area contributed by atoms with Gasteiger partial charge < -0.3 is 10.1 Å². The third kappa shape index (κ3) is 3.46. The van der Waals surface area contributed by atoms with Crippen LogP contribution in [0, 0.1) is 5.92 Å². The highest BCUT2D eigenvalue weighted by atomic mass is 16.5. The maximum absolute atomic E-state index is 5.38. The summed E-state index contributed by atoms with van der Waals surface area (Å²) < 4.78 is 7.25. The summed E-state index contributed by atoms with van der Waals surface area (Å²) in [6.45, 7) is 3.86. The van der Waals surface area contributed by atoms with Crippen molar-refractivity contribution in [2.24, 2.45) is 5.92 Å². The highest BCUT2D eigenvalue weighted by Gasteiger charge is 2.12. The molecule has 2 aromatic rings. The topological polar surface area (TPSA) is 39.1 Å². The van der Waals surface area contributed by atoms with Crippen molar-refractivity contribution in [1.82, 2.24) is 15.1 Å². The fourth-order valence-electron chi connectivity index (χ4n) is 2.56. The van der Waals surface area contributed by atoms with Crippen LogP contribution >= 0.6 is 0 Å². The molecular weight excluding hydrogens is 250 g/mol. The molecule has 1 N–H and O–H groups in total. The highest BCUT2D eigenvalue weighted by molar-refractivity contribution is 5.33. The Morgan fingerprint density at radius 3 is 2.70 bits per heavy atom. The molecule has 0 amide bonds. The minimum Gasteiger partial charge on any atom is -0.381 e. The molecule has 1 aromatic carbocycles. The molecule has 1 aliphatic heterocycles. The molecule has 4 heteroatoms. The lowest BCUT2D eigenvalue weighted by Crippen LogP contribution is -2.27. The third-order valence-corrected chi connectivity index (χ3v) is 3.81. The Morgan fingerprint density at radius 1 is 1.20 bits per heavy atom. The van der Waals surface area contributed by atoms with E-state index in [4.69, 9.17) is 4.74 Å². The van der Waals surface area contributed by atoms with Crippen molar-refractivity contribution >= 4 is 0 Å². The summed E-state index contributed by atoms with van der Waals surface area (Å²) in [5, 5.41) is 7.78. The van der Waals surface area contributed by atoms with Gasteiger partial charge in [-0.2, -0.15) is 5.10 Å². The van der Waals surface area contributed by atoms with Gasteiger partial charge in [0, 0.05) is 32.2 Å². The molecule has 1 aromatic heterocycles. The average Bonchev–Trinajstić information content (AvgIpc) is 3.03. The van der Waals surface area contributed by atoms with Crippen molar-refractivity contribution < 1.29 is 4.74 Å². The van der Waals surface area contributed by atoms with E-state index in [2.05, 4.69) is 34.7 Å². The molecule has 0 radical (unpaired) electrons. The van der Waals surface area contributed by atoms with Crippen LogP contribution in [0.1, 0.15) is 18.4 Å². The van der Waals surface area contributed by atoms with Gasteiger partial charge in [-0.15, -0.1) is 0 Å². The van der Waals surface area contributed by atoms with Crippen molar-refractivity contribution in [3.63, 3.8) is 0 Å². The second-order valence-electron chi connectivity index (χ2n) is 5.30. The van der Waals surface area contributed by atoms with Gasteiger partial charge in [0.05, 0.1) is 5.69 Å². The molecule has 1 saturated heterocycles. The summed E-state index contributed by atoms with van der Waals surface area (Å²) >= 11 is 0. The van der Waals surface area contributed by atoms with E-state index in [9.17, 15) is 0 Å². The fourth-order valence-corrected chi connectivity index (χ4v) is 2.56. The summed E-state index contributed by atoms with van der Waals surface area (Å²) in [5.74, 6) is 0.770. The Balaban J connectivity index is 1.48. The van der Waals surface area contributed by atoms with E-state index >= 15 is 0 Å². The van der Waals surface area contributed by atoms with E-state index in [0.717, 1.165) is 37.9 Å². The molecule has 0 saturated carbocycles. The first-order chi connectivity index (χ1) is 9.92. The second kappa shape index (κ2) is 6.68. The number of hydrogen-bond acceptors (Lipinski definition) is 3. The molecule has 3 rings (SSSR count). The molecule has 4 nitrogen and oxygen atoms in total. The zero-order valence-corrected chi connectivity index (χ0v) is 11.7. The van der Waals surface area contributed by atoms with Gasteiger partial charge in [0.25, 0.3) is 0 Å². The zero-order chi connectivity index (χ0) is 13.6. The number of benzene rings is 1. The van der Waals surface area contributed by atoms with E-state index in [1.54, 1.807) is 6.20 Å². The second-order valence-corrected chi connectivity index (χ2v) is 5.30. The predicted octanol–water partition coefficient (Wildman–Crippen LogP) is 2.39. The fraction of sp³-hybridized carbons (Fsp3) is 0.438. The quantitative estimate of drug-likeness (QED) is 0.907. The van der Waals surface area contributed by atoms with Crippen molar-refractivity contribution in [2.75, 3.05) is 19.8 Å². The summed E-state index contributed by atoms with van der Waals surface area (Å²) in [5.41, 5.74) is 2.41. The van der Waals surface area contributed by atoms with Crippen LogP contribution < -0.4 is 5.32 Å². The third-order valence-electron chi connectivity index (χ3n) is 3.81. The highest BCUT2D eigenvalue weighted by Crippen LogP contribution is 2.14. The standard InChI is InChI=1S/C16H21N3O/c1-8-18-19(9-1)16-4-2-14(3-5-16)12-17-13-15-6-10-20-11-7-15/h1-5,8-9,15,17H,6-7,10-13H2. The number of hydrogen-bond donors (Lipinski definition) is 1. The zero-order valence-electron chi connectivity index (χ0n) is 11.7. The van der Waals surface area contributed by atoms with Crippen LogP contribution in [0.3, 0.4) is 0 Å². The number of ether oxygens (including phenoxy) is 1. The monoisotopic (exact) mass is 271 g/mol. The van der Waals surface area contributed by atoms with Crippen molar-refractivity contribution in [3.05, 3.63) is 48.3 Å². The summed E-state index contributed by atoms with van der Waals surface area (Å²) in [6, 6.07) is 10.5. The van der Waals surface area contributed by atoms with E-state index in [0.29, 0.717) is 0 Å². The lowest BCUT2D eigenvalue weighted by atomic mass is 10.0. The van der Waals surface area contributed by atoms with Crippen molar-refractivity contribution in [1.29, 1.82) is 0 Å². The van der Waals surface area contributed by atoms with Gasteiger partial charge in [-0.25, -0.2) is 4.68 Å². The smallest absolute Gasteiger partial charge is 0.0645 e. The molecule has 0 aliphatic carbocycles. The van der Waals surface area contributed by atoms with Crippen LogP contribution in [-0.2, 0) is 11.3 Å². The average molecular weight is 271 g/mol. The molecule has 0 unspecified atom stereocenters. The number of nitrogens with one attached hydrogen (secondary N) is 1. The van der Waals surface area contributed by atoms with Gasteiger partial charge >= 0.3 is 0 Å². The van der Waals surface area contributed by atoms with Gasteiger partial charge in [0.2, 0.25) is 0 Å². The lowest BCUT2D eigenvalue weighted by molar-refractivity contribution is 0.0662. The summed E-state index contributed by atoms with van der Waals surface area (Å²) in [4.78, 5) is 0. The minimum atomic E-state index is 0.770. The maximum Gasteiger partial charge on any atom is 0.0645 e. The van der Waals surface area contributed by atoms with Gasteiger partial charge in [-0.3, -0.25) is 0 Å². The maximum atomic E-state index is 5.38. The predicted molar refractivity (Wildman–Crippen MR) is 78.8 cm³/mol. The van der Waals surface area contributed by atoms with E-state index < -0.39 is 0 Å². The van der Waals surface area contributed by atoms with Crippen LogP contribution in [0.25, 0.3) is 5.69 Å². The van der Waals surface area contributed by atoms with Crippen molar-refractivity contribution in [3.8, 4) is 5.69 Å². The van der Waals surface area contributed by atoms with Crippen LogP contribution in [0.5, 0.6) is 0 Å². The van der Waals surface area contributed by atoms with Crippen LogP contribution in [-0.4, -0.2) is 29.5 Å². The van der Waals surface area contributed by atoms with E-state index in [1.807, 2.05) is 16.9 Å². The number of nitrogens with zero attached hydrogens (tertiary/aromatic N) is 2. The van der Waals surface area contributed by atoms with E-state index in [1.165, 1.54) is 18.4 Å². The molecule has 1 aliphatic rings. The minimum absolute atomic E-state index is 0.770. The Kier molecular flexibility index (Phi) is 4.46. The Labute approximate surface area is 119 Å². The van der Waals surface area contributed by atoms with Gasteiger partial charge in [0.1, 0.15) is 0 Å². The Morgan fingerprint density at radius 2 is 2.00 bits per heavy atom. The van der Waals surface area contributed by atoms with Gasteiger partial charge in [0.15, 0.2) is 0 Å². The van der Waals surface area contributed by atoms with Crippen LogP contribution in [0.15, 0.2) is 42.7 Å². The van der Waals surface area contributed by atoms with Gasteiger partial charge in [-0.05, 0) is 49.1 Å². The molecule has 1 fully saturated rings. The molecule has 20 heavy (non-hydrogen) atoms. The first kappa shape index (κ1) is 13.3. The van der Waals surface area contributed by atoms with Crippen LogP contribution in [0.2, 0.25) is 0 Å². The molecule has 0 bridgehead atoms. The molecule has 2 heterocycles.